The average Bonchev–Trinajstić information content (AvgIpc) is 1.95. The highest BCUT2D eigenvalue weighted by molar-refractivity contribution is 8.31. The fraction of sp³-hybridized carbons (Fsp3) is 0.714. The van der Waals surface area contributed by atoms with Crippen molar-refractivity contribution in [3.8, 4) is 12.3 Å². The third-order valence-corrected chi connectivity index (χ3v) is 5.04. The van der Waals surface area contributed by atoms with Crippen molar-refractivity contribution < 1.29 is 4.21 Å². The van der Waals surface area contributed by atoms with E-state index in [2.05, 4.69) is 5.92 Å². The summed E-state index contributed by atoms with van der Waals surface area (Å²) in [6.45, 7) is 0.761. The highest BCUT2D eigenvalue weighted by Gasteiger charge is 2.24. The molecule has 2 unspecified atom stereocenters. The number of hydrogen-bond donors (Lipinski definition) is 0. The number of rotatable bonds is 0. The van der Waals surface area contributed by atoms with Gasteiger partial charge in [0.15, 0.2) is 0 Å². The number of hydrogen-bond acceptors (Lipinski definition) is 2. The SMILES string of the molecule is C#CC1CCN(C)S(=O)(=S)C1. The minimum absolute atomic E-state index is 0.121. The molecular weight excluding hydrogens is 178 g/mol. The van der Waals surface area contributed by atoms with Crippen molar-refractivity contribution in [2.24, 2.45) is 5.92 Å². The van der Waals surface area contributed by atoms with Gasteiger partial charge >= 0.3 is 0 Å². The zero-order valence-electron chi connectivity index (χ0n) is 6.45. The Morgan fingerprint density at radius 2 is 2.45 bits per heavy atom. The van der Waals surface area contributed by atoms with E-state index in [1.54, 1.807) is 11.4 Å². The first kappa shape index (κ1) is 8.98. The van der Waals surface area contributed by atoms with E-state index >= 15 is 0 Å². The van der Waals surface area contributed by atoms with Crippen LogP contribution in [0.5, 0.6) is 0 Å². The van der Waals surface area contributed by atoms with Gasteiger partial charge in [-0.05, 0) is 24.7 Å². The second-order valence-corrected chi connectivity index (χ2v) is 6.44. The van der Waals surface area contributed by atoms with Crippen molar-refractivity contribution in [2.75, 3.05) is 19.3 Å². The second kappa shape index (κ2) is 3.10. The molecule has 1 rings (SSSR count). The molecule has 62 valence electrons. The molecule has 2 atom stereocenters. The predicted molar refractivity (Wildman–Crippen MR) is 49.9 cm³/mol. The van der Waals surface area contributed by atoms with Crippen molar-refractivity contribution in [3.05, 3.63) is 0 Å². The normalized spacial score (nSPS) is 39.8. The maximum atomic E-state index is 11.6. The zero-order chi connectivity index (χ0) is 8.48. The van der Waals surface area contributed by atoms with Crippen LogP contribution in [0.2, 0.25) is 0 Å². The van der Waals surface area contributed by atoms with Crippen LogP contribution in [0.25, 0.3) is 0 Å². The first-order valence-electron chi connectivity index (χ1n) is 3.46. The maximum absolute atomic E-state index is 11.6. The molecule has 1 fully saturated rings. The van der Waals surface area contributed by atoms with Crippen LogP contribution in [0.15, 0.2) is 0 Å². The molecule has 0 spiro atoms. The van der Waals surface area contributed by atoms with E-state index in [1.807, 2.05) is 0 Å². The Hall–Kier alpha value is -0.110. The minimum atomic E-state index is -2.20. The molecule has 0 bridgehead atoms. The predicted octanol–water partition coefficient (Wildman–Crippen LogP) is 0.233. The lowest BCUT2D eigenvalue weighted by Crippen LogP contribution is -2.37. The Balaban J connectivity index is 2.77. The first-order valence-corrected chi connectivity index (χ1v) is 6.07. The van der Waals surface area contributed by atoms with Gasteiger partial charge in [0, 0.05) is 12.5 Å². The van der Waals surface area contributed by atoms with E-state index in [4.69, 9.17) is 17.6 Å². The van der Waals surface area contributed by atoms with E-state index in [-0.39, 0.29) is 5.92 Å². The van der Waals surface area contributed by atoms with Crippen molar-refractivity contribution in [2.45, 2.75) is 6.42 Å². The van der Waals surface area contributed by atoms with Gasteiger partial charge in [-0.2, -0.15) is 0 Å². The standard InChI is InChI=1S/C7H11NOS2/c1-3-7-4-5-8(2)11(9,10)6-7/h1,7H,4-6H2,2H3. The molecule has 0 aliphatic carbocycles. The van der Waals surface area contributed by atoms with E-state index in [1.165, 1.54) is 0 Å². The molecule has 1 saturated heterocycles. The summed E-state index contributed by atoms with van der Waals surface area (Å²) in [6, 6.07) is 0. The van der Waals surface area contributed by atoms with Crippen LogP contribution < -0.4 is 0 Å². The molecule has 0 aromatic carbocycles. The third-order valence-electron chi connectivity index (χ3n) is 1.91. The van der Waals surface area contributed by atoms with Gasteiger partial charge in [-0.3, -0.25) is 0 Å². The lowest BCUT2D eigenvalue weighted by molar-refractivity contribution is 0.446. The fourth-order valence-corrected chi connectivity index (χ4v) is 3.20. The molecule has 1 aliphatic heterocycles. The quantitative estimate of drug-likeness (QED) is 0.509. The lowest BCUT2D eigenvalue weighted by atomic mass is 10.1. The number of terminal acetylenes is 1. The summed E-state index contributed by atoms with van der Waals surface area (Å²) >= 11 is 4.92. The van der Waals surface area contributed by atoms with Gasteiger partial charge in [-0.25, -0.2) is 8.51 Å². The summed E-state index contributed by atoms with van der Waals surface area (Å²) in [5, 5.41) is 0. The summed E-state index contributed by atoms with van der Waals surface area (Å²) < 4.78 is 13.3. The van der Waals surface area contributed by atoms with Crippen molar-refractivity contribution in [1.82, 2.24) is 4.31 Å². The van der Waals surface area contributed by atoms with Gasteiger partial charge in [0.2, 0.25) is 0 Å². The topological polar surface area (TPSA) is 20.3 Å². The largest absolute Gasteiger partial charge is 0.241 e. The van der Waals surface area contributed by atoms with Crippen molar-refractivity contribution in [1.29, 1.82) is 0 Å². The molecule has 0 aromatic rings. The van der Waals surface area contributed by atoms with Gasteiger partial charge in [-0.1, -0.05) is 0 Å². The fourth-order valence-electron chi connectivity index (χ4n) is 1.07. The van der Waals surface area contributed by atoms with Gasteiger partial charge in [0.1, 0.15) is 0 Å². The van der Waals surface area contributed by atoms with Crippen LogP contribution in [-0.4, -0.2) is 27.9 Å². The summed E-state index contributed by atoms with van der Waals surface area (Å²) in [6.07, 6.45) is 6.15. The van der Waals surface area contributed by atoms with Gasteiger partial charge < -0.3 is 0 Å². The average molecular weight is 189 g/mol. The Morgan fingerprint density at radius 1 is 1.82 bits per heavy atom. The van der Waals surface area contributed by atoms with E-state index in [0.29, 0.717) is 5.75 Å². The molecule has 0 aromatic heterocycles. The summed E-state index contributed by atoms with van der Waals surface area (Å²) in [7, 11) is -0.405. The Morgan fingerprint density at radius 3 is 2.91 bits per heavy atom. The zero-order valence-corrected chi connectivity index (χ0v) is 8.08. The third kappa shape index (κ3) is 1.92. The number of nitrogens with zero attached hydrogens (tertiary/aromatic N) is 1. The van der Waals surface area contributed by atoms with Crippen LogP contribution in [0, 0.1) is 18.3 Å². The van der Waals surface area contributed by atoms with Crippen LogP contribution in [0.4, 0.5) is 0 Å². The highest BCUT2D eigenvalue weighted by Crippen LogP contribution is 2.16. The molecule has 2 nitrogen and oxygen atoms in total. The molecule has 0 N–H and O–H groups in total. The van der Waals surface area contributed by atoms with Gasteiger partial charge in [0.05, 0.1) is 14.4 Å². The smallest absolute Gasteiger partial charge is 0.0932 e. The minimum Gasteiger partial charge on any atom is -0.241 e. The molecular formula is C7H11NOS2. The summed E-state index contributed by atoms with van der Waals surface area (Å²) in [4.78, 5) is 0. The van der Waals surface area contributed by atoms with E-state index in [9.17, 15) is 4.21 Å². The summed E-state index contributed by atoms with van der Waals surface area (Å²) in [5.41, 5.74) is 0. The molecule has 0 saturated carbocycles. The monoisotopic (exact) mass is 189 g/mol. The molecule has 4 heteroatoms. The van der Waals surface area contributed by atoms with Gasteiger partial charge in [-0.15, -0.1) is 12.3 Å². The van der Waals surface area contributed by atoms with E-state index < -0.39 is 8.68 Å². The molecule has 0 amide bonds. The van der Waals surface area contributed by atoms with Crippen molar-refractivity contribution in [3.63, 3.8) is 0 Å². The lowest BCUT2D eigenvalue weighted by Gasteiger charge is -2.28. The summed E-state index contributed by atoms with van der Waals surface area (Å²) in [5.74, 6) is 3.21. The van der Waals surface area contributed by atoms with Crippen LogP contribution in [-0.2, 0) is 19.9 Å². The Labute approximate surface area is 72.8 Å². The Kier molecular flexibility index (Phi) is 2.53. The maximum Gasteiger partial charge on any atom is 0.0932 e. The van der Waals surface area contributed by atoms with Crippen molar-refractivity contribution >= 4 is 19.9 Å². The van der Waals surface area contributed by atoms with Crippen LogP contribution in [0.3, 0.4) is 0 Å². The molecule has 11 heavy (non-hydrogen) atoms. The highest BCUT2D eigenvalue weighted by atomic mass is 32.8. The second-order valence-electron chi connectivity index (χ2n) is 2.75. The molecule has 0 radical (unpaired) electrons. The van der Waals surface area contributed by atoms with Gasteiger partial charge in [0.25, 0.3) is 0 Å². The molecule has 1 aliphatic rings. The molecule has 1 heterocycles. The van der Waals surface area contributed by atoms with Crippen LogP contribution in [0.1, 0.15) is 6.42 Å². The van der Waals surface area contributed by atoms with E-state index in [0.717, 1.165) is 13.0 Å². The van der Waals surface area contributed by atoms with Crippen LogP contribution >= 0.6 is 0 Å². The Bertz CT molecular complexity index is 275. The first-order chi connectivity index (χ1) is 5.06.